The minimum Gasteiger partial charge on any atom is -0.481 e. The summed E-state index contributed by atoms with van der Waals surface area (Å²) in [5.74, 6) is -0.882. The van der Waals surface area contributed by atoms with E-state index >= 15 is 0 Å². The summed E-state index contributed by atoms with van der Waals surface area (Å²) in [4.78, 5) is 22.2. The number of benzene rings is 2. The number of carbonyl (C=O) groups excluding carboxylic acids is 1. The number of thioether (sulfide) groups is 1. The van der Waals surface area contributed by atoms with E-state index in [1.165, 1.54) is 0 Å². The predicted octanol–water partition coefficient (Wildman–Crippen LogP) is 4.07. The van der Waals surface area contributed by atoms with E-state index in [-0.39, 0.29) is 11.7 Å². The first-order chi connectivity index (χ1) is 10.6. The van der Waals surface area contributed by atoms with Gasteiger partial charge in [0.1, 0.15) is 0 Å². The Morgan fingerprint density at radius 2 is 1.68 bits per heavy atom. The highest BCUT2D eigenvalue weighted by Gasteiger charge is 2.20. The summed E-state index contributed by atoms with van der Waals surface area (Å²) in [6.45, 7) is 0. The van der Waals surface area contributed by atoms with Crippen LogP contribution in [0.15, 0.2) is 54.6 Å². The van der Waals surface area contributed by atoms with E-state index in [1.807, 2.05) is 54.6 Å². The highest BCUT2D eigenvalue weighted by atomic mass is 32.2. The summed E-state index contributed by atoms with van der Waals surface area (Å²) >= 11 is 0.979. The average molecular weight is 315 g/mol. The van der Waals surface area contributed by atoms with Gasteiger partial charge in [-0.15, -0.1) is 0 Å². The number of aliphatic carboxylic acids is 1. The monoisotopic (exact) mass is 315 g/mol. The maximum Gasteiger partial charge on any atom is 0.303 e. The smallest absolute Gasteiger partial charge is 0.303 e. The van der Waals surface area contributed by atoms with Gasteiger partial charge in [0.2, 0.25) is 0 Å². The maximum atomic E-state index is 11.3. The lowest BCUT2D eigenvalue weighted by atomic mass is 9.96. The predicted molar refractivity (Wildman–Crippen MR) is 88.7 cm³/mol. The highest BCUT2D eigenvalue weighted by Crippen LogP contribution is 2.38. The van der Waals surface area contributed by atoms with Crippen molar-refractivity contribution < 1.29 is 14.7 Å². The molecule has 0 heterocycles. The Kier molecular flexibility index (Phi) is 5.61. The molecule has 2 aromatic carbocycles. The first-order valence-electron chi connectivity index (χ1n) is 6.90. The van der Waals surface area contributed by atoms with Crippen LogP contribution in [0.1, 0.15) is 23.7 Å². The number of carboxylic acid groups (broad SMARTS) is 1. The van der Waals surface area contributed by atoms with Crippen molar-refractivity contribution in [3.63, 3.8) is 0 Å². The lowest BCUT2D eigenvalue weighted by Crippen LogP contribution is -2.09. The Labute approximate surface area is 133 Å². The Morgan fingerprint density at radius 1 is 1.05 bits per heavy atom. The third-order valence-corrected chi connectivity index (χ3v) is 4.28. The molecule has 0 saturated heterocycles. The topological polar surface area (TPSA) is 80.4 Å². The third kappa shape index (κ3) is 4.36. The molecule has 0 aromatic heterocycles. The van der Waals surface area contributed by atoms with Crippen LogP contribution >= 0.6 is 11.8 Å². The fourth-order valence-electron chi connectivity index (χ4n) is 2.33. The van der Waals surface area contributed by atoms with Gasteiger partial charge in [-0.1, -0.05) is 66.4 Å². The van der Waals surface area contributed by atoms with E-state index in [0.29, 0.717) is 6.42 Å². The zero-order valence-corrected chi connectivity index (χ0v) is 12.8. The molecule has 3 N–H and O–H groups in total. The van der Waals surface area contributed by atoms with Crippen LogP contribution in [0.2, 0.25) is 0 Å². The van der Waals surface area contributed by atoms with Crippen molar-refractivity contribution in [2.24, 2.45) is 5.73 Å². The van der Waals surface area contributed by atoms with Gasteiger partial charge in [0.05, 0.1) is 0 Å². The summed E-state index contributed by atoms with van der Waals surface area (Å²) in [7, 11) is 0. The molecule has 0 radical (unpaired) electrons. The van der Waals surface area contributed by atoms with Crippen LogP contribution in [0.25, 0.3) is 11.1 Å². The van der Waals surface area contributed by atoms with Crippen LogP contribution < -0.4 is 5.73 Å². The zero-order chi connectivity index (χ0) is 15.9. The number of hydrogen-bond acceptors (Lipinski definition) is 3. The Morgan fingerprint density at radius 3 is 2.32 bits per heavy atom. The van der Waals surface area contributed by atoms with Crippen molar-refractivity contribution in [1.29, 1.82) is 0 Å². The van der Waals surface area contributed by atoms with Crippen LogP contribution in [0, 0.1) is 0 Å². The highest BCUT2D eigenvalue weighted by molar-refractivity contribution is 8.13. The molecule has 114 valence electrons. The summed E-state index contributed by atoms with van der Waals surface area (Å²) < 4.78 is 0. The fourth-order valence-corrected chi connectivity index (χ4v) is 3.18. The van der Waals surface area contributed by atoms with Gasteiger partial charge in [-0.3, -0.25) is 9.59 Å². The third-order valence-electron chi connectivity index (χ3n) is 3.27. The lowest BCUT2D eigenvalue weighted by molar-refractivity contribution is -0.137. The Bertz CT molecular complexity index is 658. The van der Waals surface area contributed by atoms with Gasteiger partial charge < -0.3 is 10.8 Å². The molecule has 0 aliphatic heterocycles. The number of rotatable bonds is 6. The summed E-state index contributed by atoms with van der Waals surface area (Å²) in [5, 5.41) is 8.13. The van der Waals surface area contributed by atoms with E-state index in [4.69, 9.17) is 10.8 Å². The first kappa shape index (κ1) is 16.1. The van der Waals surface area contributed by atoms with Gasteiger partial charge in [-0.2, -0.15) is 0 Å². The molecule has 0 fully saturated rings. The standard InChI is InChI=1S/C17H17NO3S/c18-17(21)22-15(10-11-16(19)20)14-9-5-4-8-13(14)12-6-2-1-3-7-12/h1-9,15H,10-11H2,(H2,18,21)(H,19,20). The molecule has 0 aliphatic rings. The molecule has 4 nitrogen and oxygen atoms in total. The van der Waals surface area contributed by atoms with Gasteiger partial charge in [0, 0.05) is 11.7 Å². The number of carbonyl (C=O) groups is 2. The molecule has 0 bridgehead atoms. The second kappa shape index (κ2) is 7.66. The first-order valence-corrected chi connectivity index (χ1v) is 7.78. The van der Waals surface area contributed by atoms with Crippen molar-refractivity contribution in [1.82, 2.24) is 0 Å². The Hall–Kier alpha value is -2.27. The van der Waals surface area contributed by atoms with Crippen molar-refractivity contribution in [3.8, 4) is 11.1 Å². The van der Waals surface area contributed by atoms with Crippen molar-refractivity contribution in [2.75, 3.05) is 0 Å². The minimum absolute atomic E-state index is 0.00588. The number of hydrogen-bond donors (Lipinski definition) is 2. The molecule has 2 rings (SSSR count). The van der Waals surface area contributed by atoms with E-state index < -0.39 is 11.2 Å². The zero-order valence-electron chi connectivity index (χ0n) is 11.9. The van der Waals surface area contributed by atoms with Crippen LogP contribution in [-0.2, 0) is 4.79 Å². The second-order valence-corrected chi connectivity index (χ2v) is 6.02. The molecule has 0 spiro atoms. The maximum absolute atomic E-state index is 11.3. The van der Waals surface area contributed by atoms with Crippen LogP contribution in [0.5, 0.6) is 0 Å². The van der Waals surface area contributed by atoms with Gasteiger partial charge in [-0.05, 0) is 23.1 Å². The van der Waals surface area contributed by atoms with Crippen LogP contribution in [0.4, 0.5) is 4.79 Å². The second-order valence-electron chi connectivity index (χ2n) is 4.81. The van der Waals surface area contributed by atoms with Crippen molar-refractivity contribution in [3.05, 3.63) is 60.2 Å². The number of primary amides is 1. The molecular formula is C17H17NO3S. The van der Waals surface area contributed by atoms with Crippen molar-refractivity contribution in [2.45, 2.75) is 18.1 Å². The quantitative estimate of drug-likeness (QED) is 0.842. The molecule has 5 heteroatoms. The molecule has 0 aliphatic carbocycles. The van der Waals surface area contributed by atoms with E-state index in [1.54, 1.807) is 0 Å². The molecule has 0 saturated carbocycles. The van der Waals surface area contributed by atoms with Crippen LogP contribution in [0.3, 0.4) is 0 Å². The van der Waals surface area contributed by atoms with Gasteiger partial charge in [0.25, 0.3) is 5.24 Å². The number of nitrogens with two attached hydrogens (primary N) is 1. The number of carboxylic acids is 1. The van der Waals surface area contributed by atoms with E-state index in [2.05, 4.69) is 0 Å². The molecule has 2 aromatic rings. The summed E-state index contributed by atoms with van der Waals surface area (Å²) in [5.41, 5.74) is 8.26. The summed E-state index contributed by atoms with van der Waals surface area (Å²) in [6.07, 6.45) is 0.348. The normalized spacial score (nSPS) is 11.8. The average Bonchev–Trinajstić information content (AvgIpc) is 2.52. The molecule has 1 atom stereocenters. The molecule has 22 heavy (non-hydrogen) atoms. The van der Waals surface area contributed by atoms with Crippen LogP contribution in [-0.4, -0.2) is 16.3 Å². The number of amides is 1. The van der Waals surface area contributed by atoms with Gasteiger partial charge in [0.15, 0.2) is 0 Å². The van der Waals surface area contributed by atoms with Gasteiger partial charge in [-0.25, -0.2) is 0 Å². The van der Waals surface area contributed by atoms with E-state index in [9.17, 15) is 9.59 Å². The van der Waals surface area contributed by atoms with Gasteiger partial charge >= 0.3 is 5.97 Å². The van der Waals surface area contributed by atoms with E-state index in [0.717, 1.165) is 28.5 Å². The molecule has 1 amide bonds. The lowest BCUT2D eigenvalue weighted by Gasteiger charge is -2.18. The SMILES string of the molecule is NC(=O)SC(CCC(=O)O)c1ccccc1-c1ccccc1. The fraction of sp³-hybridized carbons (Fsp3) is 0.176. The molecular weight excluding hydrogens is 298 g/mol. The summed E-state index contributed by atoms with van der Waals surface area (Å²) in [6, 6.07) is 17.5. The Balaban J connectivity index is 2.38. The van der Waals surface area contributed by atoms with Crippen molar-refractivity contribution >= 4 is 23.0 Å². The minimum atomic E-state index is -0.882. The molecule has 1 unspecified atom stereocenters. The largest absolute Gasteiger partial charge is 0.481 e.